The molecule has 12 nitrogen and oxygen atoms in total. The van der Waals surface area contributed by atoms with E-state index in [4.69, 9.17) is 8.85 Å². The molecular weight excluding hydrogens is 438 g/mol. The smallest absolute Gasteiger partial charge is 0.323 e. The molecule has 1 aromatic carbocycles. The molecule has 3 amide bonds. The van der Waals surface area contributed by atoms with Gasteiger partial charge in [-0.2, -0.15) is 5.10 Å². The molecule has 5 rings (SSSR count). The summed E-state index contributed by atoms with van der Waals surface area (Å²) in [5.74, 6) is -0.0650. The summed E-state index contributed by atoms with van der Waals surface area (Å²) in [7, 11) is 3.22. The number of aromatic nitrogens is 5. The topological polar surface area (TPSA) is 139 Å². The Morgan fingerprint density at radius 2 is 2.03 bits per heavy atom. The van der Waals surface area contributed by atoms with E-state index in [-0.39, 0.29) is 28.6 Å². The number of nitrogens with zero attached hydrogens (tertiary/aromatic N) is 6. The van der Waals surface area contributed by atoms with Crippen LogP contribution in [0.3, 0.4) is 0 Å². The first kappa shape index (κ1) is 18.2. The summed E-state index contributed by atoms with van der Waals surface area (Å²) in [5, 5.41) is 19.8. The lowest BCUT2D eigenvalue weighted by atomic mass is 9.98. The van der Waals surface area contributed by atoms with E-state index in [1.54, 1.807) is 41.2 Å². The van der Waals surface area contributed by atoms with Crippen LogP contribution in [0.5, 0.6) is 5.75 Å². The minimum absolute atomic E-state index is 0.0937. The summed E-state index contributed by atoms with van der Waals surface area (Å²) in [6, 6.07) is 6.31. The first-order chi connectivity index (χ1) is 17.6. The van der Waals surface area contributed by atoms with Crippen molar-refractivity contribution in [2.45, 2.75) is 12.8 Å². The van der Waals surface area contributed by atoms with Gasteiger partial charge in [0.1, 0.15) is 6.33 Å². The summed E-state index contributed by atoms with van der Waals surface area (Å²) in [6.07, 6.45) is 3.82. The van der Waals surface area contributed by atoms with Crippen molar-refractivity contribution in [3.63, 3.8) is 0 Å². The number of benzene rings is 1. The third kappa shape index (κ3) is 3.98. The van der Waals surface area contributed by atoms with Gasteiger partial charge in [-0.1, -0.05) is 6.07 Å². The zero-order valence-corrected chi connectivity index (χ0v) is 18.6. The van der Waals surface area contributed by atoms with Gasteiger partial charge in [-0.15, -0.1) is 10.2 Å². The quantitative estimate of drug-likeness (QED) is 0.501. The maximum absolute atomic E-state index is 12.7. The second-order valence-corrected chi connectivity index (χ2v) is 8.49. The average Bonchev–Trinajstić information content (AvgIpc) is 3.50. The number of carbonyl (C=O) groups is 2. The van der Waals surface area contributed by atoms with Gasteiger partial charge in [0.2, 0.25) is 0 Å². The fourth-order valence-electron chi connectivity index (χ4n) is 4.00. The summed E-state index contributed by atoms with van der Waals surface area (Å²) in [6.45, 7) is -1.34. The molecular formula is C22H25N9O3. The number of urea groups is 1. The van der Waals surface area contributed by atoms with E-state index in [0.29, 0.717) is 35.9 Å². The Bertz CT molecular complexity index is 1360. The third-order valence-corrected chi connectivity index (χ3v) is 5.98. The number of para-hydroxylation sites is 1. The summed E-state index contributed by atoms with van der Waals surface area (Å²) >= 11 is 0. The fourth-order valence-corrected chi connectivity index (χ4v) is 4.00. The summed E-state index contributed by atoms with van der Waals surface area (Å²) < 4.78 is 29.3. The maximum atomic E-state index is 12.7. The maximum Gasteiger partial charge on any atom is 0.323 e. The van der Waals surface area contributed by atoms with Crippen molar-refractivity contribution in [3.05, 3.63) is 36.3 Å². The van der Waals surface area contributed by atoms with E-state index in [0.717, 1.165) is 12.8 Å². The van der Waals surface area contributed by atoms with Crippen molar-refractivity contribution in [2.24, 2.45) is 12.5 Å². The molecule has 34 heavy (non-hydrogen) atoms. The van der Waals surface area contributed by atoms with Gasteiger partial charge in [0.15, 0.2) is 23.1 Å². The Morgan fingerprint density at radius 3 is 2.71 bits per heavy atom. The molecule has 1 saturated carbocycles. The normalized spacial score (nSPS) is 17.1. The molecule has 176 valence electrons. The van der Waals surface area contributed by atoms with Crippen LogP contribution in [-0.4, -0.2) is 69.0 Å². The molecule has 0 bridgehead atoms. The Morgan fingerprint density at radius 1 is 1.21 bits per heavy atom. The van der Waals surface area contributed by atoms with Gasteiger partial charge in [0.25, 0.3) is 5.91 Å². The van der Waals surface area contributed by atoms with Gasteiger partial charge in [-0.3, -0.25) is 14.8 Å². The van der Waals surface area contributed by atoms with E-state index in [1.165, 1.54) is 13.2 Å². The second kappa shape index (κ2) is 8.28. The van der Waals surface area contributed by atoms with Crippen molar-refractivity contribution >= 4 is 29.1 Å². The minimum Gasteiger partial charge on any atom is -0.494 e. The lowest BCUT2D eigenvalue weighted by molar-refractivity contribution is 0.0958. The number of likely N-dealkylation sites (tertiary alicyclic amines) is 1. The predicted molar refractivity (Wildman–Crippen MR) is 124 cm³/mol. The summed E-state index contributed by atoms with van der Waals surface area (Å²) in [5.41, 5.74) is 1.14. The molecule has 1 spiro atoms. The number of amides is 3. The average molecular weight is 467 g/mol. The number of nitrogens with one attached hydrogen (secondary N) is 3. The van der Waals surface area contributed by atoms with Crippen molar-refractivity contribution in [2.75, 3.05) is 37.8 Å². The highest BCUT2D eigenvalue weighted by atomic mass is 16.5. The SMILES string of the molecule is [2H]C([2H])([2H])NC(=O)c1nnc(NC(=O)N2CC3(CC3)C2)cc1Nc1cccc(-c2ncn(C)n2)c1OC. The Labute approximate surface area is 199 Å². The second-order valence-electron chi connectivity index (χ2n) is 8.49. The van der Waals surface area contributed by atoms with Gasteiger partial charge in [0, 0.05) is 42.7 Å². The molecule has 3 aromatic rings. The van der Waals surface area contributed by atoms with Crippen LogP contribution in [-0.2, 0) is 7.05 Å². The Hall–Kier alpha value is -4.22. The number of hydrogen-bond donors (Lipinski definition) is 3. The number of aryl methyl sites for hydroxylation is 1. The van der Waals surface area contributed by atoms with E-state index in [9.17, 15) is 9.59 Å². The monoisotopic (exact) mass is 466 g/mol. The van der Waals surface area contributed by atoms with Crippen LogP contribution < -0.4 is 20.7 Å². The number of rotatable bonds is 6. The Balaban J connectivity index is 1.46. The van der Waals surface area contributed by atoms with E-state index in [1.807, 2.05) is 5.32 Å². The van der Waals surface area contributed by atoms with Crippen LogP contribution in [0.15, 0.2) is 30.6 Å². The number of methoxy groups -OCH3 is 1. The van der Waals surface area contributed by atoms with Gasteiger partial charge in [0.05, 0.1) is 24.0 Å². The van der Waals surface area contributed by atoms with Crippen molar-refractivity contribution in [1.29, 1.82) is 0 Å². The van der Waals surface area contributed by atoms with Gasteiger partial charge >= 0.3 is 6.03 Å². The van der Waals surface area contributed by atoms with E-state index in [2.05, 4.69) is 30.9 Å². The van der Waals surface area contributed by atoms with Crippen molar-refractivity contribution < 1.29 is 18.4 Å². The minimum atomic E-state index is -2.73. The molecule has 0 radical (unpaired) electrons. The molecule has 2 fully saturated rings. The highest BCUT2D eigenvalue weighted by Crippen LogP contribution is 2.52. The molecule has 12 heteroatoms. The highest BCUT2D eigenvalue weighted by Gasteiger charge is 2.53. The third-order valence-electron chi connectivity index (χ3n) is 5.98. The molecule has 0 unspecified atom stereocenters. The van der Waals surface area contributed by atoms with Crippen LogP contribution in [0.2, 0.25) is 0 Å². The van der Waals surface area contributed by atoms with Gasteiger partial charge < -0.3 is 20.3 Å². The number of anilines is 3. The highest BCUT2D eigenvalue weighted by molar-refractivity contribution is 5.99. The first-order valence-corrected chi connectivity index (χ1v) is 10.6. The fraction of sp³-hybridized carbons (Fsp3) is 0.364. The van der Waals surface area contributed by atoms with Crippen LogP contribution in [0.4, 0.5) is 22.0 Å². The zero-order chi connectivity index (χ0) is 26.4. The Kier molecular flexibility index (Phi) is 4.44. The largest absolute Gasteiger partial charge is 0.494 e. The molecule has 1 aliphatic carbocycles. The molecule has 1 saturated heterocycles. The molecule has 3 N–H and O–H groups in total. The standard InChI is InChI=1S/C22H25N9O3/c1-23-20(32)17-15(9-16(27-28-17)26-21(33)31-10-22(11-31)7-8-22)25-14-6-4-5-13(18(14)34-3)19-24-12-30(2)29-19/h4-6,9,12H,7-8,10-11H2,1-3H3,(H,23,32)(H2,25,26,27,33)/i1D3. The predicted octanol–water partition coefficient (Wildman–Crippen LogP) is 2.01. The van der Waals surface area contributed by atoms with Crippen LogP contribution >= 0.6 is 0 Å². The van der Waals surface area contributed by atoms with Crippen LogP contribution in [0, 0.1) is 5.41 Å². The zero-order valence-electron chi connectivity index (χ0n) is 21.6. The van der Waals surface area contributed by atoms with Crippen LogP contribution in [0.25, 0.3) is 11.4 Å². The number of ether oxygens (including phenoxy) is 1. The molecule has 3 heterocycles. The lowest BCUT2D eigenvalue weighted by Gasteiger charge is -2.39. The van der Waals surface area contributed by atoms with Crippen molar-refractivity contribution in [1.82, 2.24) is 35.2 Å². The first-order valence-electron chi connectivity index (χ1n) is 12.1. The molecule has 1 aliphatic heterocycles. The molecule has 2 aromatic heterocycles. The lowest BCUT2D eigenvalue weighted by Crippen LogP contribution is -2.53. The van der Waals surface area contributed by atoms with Gasteiger partial charge in [-0.25, -0.2) is 9.78 Å². The number of hydrogen-bond acceptors (Lipinski definition) is 8. The van der Waals surface area contributed by atoms with Gasteiger partial charge in [-0.05, 0) is 25.0 Å². The number of carbonyl (C=O) groups excluding carboxylic acids is 2. The van der Waals surface area contributed by atoms with E-state index >= 15 is 0 Å². The van der Waals surface area contributed by atoms with E-state index < -0.39 is 12.9 Å². The van der Waals surface area contributed by atoms with Crippen molar-refractivity contribution in [3.8, 4) is 17.1 Å². The molecule has 0 atom stereocenters. The molecule has 2 aliphatic rings. The van der Waals surface area contributed by atoms with Crippen LogP contribution in [0.1, 0.15) is 27.4 Å². The summed E-state index contributed by atoms with van der Waals surface area (Å²) in [4.78, 5) is 31.3.